The standard InChI is InChI=1S/C9H15NO/c1-2-5-10-9(3-1)8-4-6-11-7-8/h1-2,8-10H,3-7H2. The van der Waals surface area contributed by atoms with Crippen LogP contribution in [0.3, 0.4) is 0 Å². The summed E-state index contributed by atoms with van der Waals surface area (Å²) in [5.41, 5.74) is 0. The van der Waals surface area contributed by atoms with E-state index in [-0.39, 0.29) is 0 Å². The van der Waals surface area contributed by atoms with Crippen molar-refractivity contribution in [1.82, 2.24) is 5.32 Å². The lowest BCUT2D eigenvalue weighted by Crippen LogP contribution is -2.38. The first kappa shape index (κ1) is 7.32. The van der Waals surface area contributed by atoms with Crippen LogP contribution in [0.4, 0.5) is 0 Å². The Hall–Kier alpha value is -0.340. The lowest BCUT2D eigenvalue weighted by molar-refractivity contribution is 0.176. The maximum absolute atomic E-state index is 5.35. The van der Waals surface area contributed by atoms with Gasteiger partial charge in [0.2, 0.25) is 0 Å². The van der Waals surface area contributed by atoms with Crippen molar-refractivity contribution in [3.63, 3.8) is 0 Å². The van der Waals surface area contributed by atoms with Crippen molar-refractivity contribution in [2.45, 2.75) is 18.9 Å². The van der Waals surface area contributed by atoms with Crippen LogP contribution >= 0.6 is 0 Å². The molecule has 0 aromatic carbocycles. The molecule has 2 heteroatoms. The third-order valence-electron chi connectivity index (χ3n) is 2.59. The zero-order chi connectivity index (χ0) is 7.52. The monoisotopic (exact) mass is 153 g/mol. The molecule has 2 unspecified atom stereocenters. The van der Waals surface area contributed by atoms with Crippen molar-refractivity contribution < 1.29 is 4.74 Å². The van der Waals surface area contributed by atoms with Crippen LogP contribution in [0.5, 0.6) is 0 Å². The fourth-order valence-electron chi connectivity index (χ4n) is 1.86. The molecule has 1 fully saturated rings. The molecule has 11 heavy (non-hydrogen) atoms. The van der Waals surface area contributed by atoms with Crippen molar-refractivity contribution in [1.29, 1.82) is 0 Å². The Morgan fingerprint density at radius 3 is 3.00 bits per heavy atom. The molecular formula is C9H15NO. The molecule has 2 heterocycles. The summed E-state index contributed by atoms with van der Waals surface area (Å²) < 4.78 is 5.35. The molecule has 2 aliphatic rings. The van der Waals surface area contributed by atoms with Gasteiger partial charge in [0.15, 0.2) is 0 Å². The van der Waals surface area contributed by atoms with Crippen LogP contribution in [-0.2, 0) is 4.74 Å². The number of rotatable bonds is 1. The molecule has 0 aromatic heterocycles. The molecule has 0 saturated carbocycles. The highest BCUT2D eigenvalue weighted by molar-refractivity contribution is 4.96. The molecule has 2 rings (SSSR count). The summed E-state index contributed by atoms with van der Waals surface area (Å²) in [4.78, 5) is 0. The Balaban J connectivity index is 1.88. The van der Waals surface area contributed by atoms with Crippen LogP contribution < -0.4 is 5.32 Å². The van der Waals surface area contributed by atoms with E-state index >= 15 is 0 Å². The molecule has 0 aliphatic carbocycles. The maximum atomic E-state index is 5.35. The van der Waals surface area contributed by atoms with Gasteiger partial charge < -0.3 is 10.1 Å². The van der Waals surface area contributed by atoms with E-state index in [1.165, 1.54) is 12.8 Å². The molecule has 0 spiro atoms. The van der Waals surface area contributed by atoms with Crippen LogP contribution in [0.15, 0.2) is 12.2 Å². The molecule has 1 saturated heterocycles. The summed E-state index contributed by atoms with van der Waals surface area (Å²) in [6.45, 7) is 2.97. The second-order valence-electron chi connectivity index (χ2n) is 3.35. The van der Waals surface area contributed by atoms with E-state index in [0.717, 1.165) is 25.7 Å². The van der Waals surface area contributed by atoms with E-state index in [0.29, 0.717) is 6.04 Å². The van der Waals surface area contributed by atoms with E-state index in [1.807, 2.05) is 0 Å². The van der Waals surface area contributed by atoms with Crippen molar-refractivity contribution in [3.05, 3.63) is 12.2 Å². The van der Waals surface area contributed by atoms with E-state index in [9.17, 15) is 0 Å². The molecule has 1 N–H and O–H groups in total. The predicted octanol–water partition coefficient (Wildman–Crippen LogP) is 0.941. The zero-order valence-corrected chi connectivity index (χ0v) is 6.75. The SMILES string of the molecule is C1=CCC(C2CCOC2)NC1. The fraction of sp³-hybridized carbons (Fsp3) is 0.778. The first-order chi connectivity index (χ1) is 5.47. The first-order valence-corrected chi connectivity index (χ1v) is 4.43. The number of nitrogens with one attached hydrogen (secondary N) is 1. The number of hydrogen-bond acceptors (Lipinski definition) is 2. The van der Waals surface area contributed by atoms with Gasteiger partial charge in [-0.15, -0.1) is 0 Å². The smallest absolute Gasteiger partial charge is 0.0510 e. The highest BCUT2D eigenvalue weighted by atomic mass is 16.5. The van der Waals surface area contributed by atoms with E-state index in [2.05, 4.69) is 17.5 Å². The lowest BCUT2D eigenvalue weighted by atomic mass is 9.94. The Morgan fingerprint density at radius 1 is 1.36 bits per heavy atom. The van der Waals surface area contributed by atoms with Gasteiger partial charge in [0.25, 0.3) is 0 Å². The fourth-order valence-corrected chi connectivity index (χ4v) is 1.86. The van der Waals surface area contributed by atoms with Gasteiger partial charge in [-0.1, -0.05) is 12.2 Å². The van der Waals surface area contributed by atoms with Crippen molar-refractivity contribution in [2.24, 2.45) is 5.92 Å². The largest absolute Gasteiger partial charge is 0.381 e. The van der Waals surface area contributed by atoms with E-state index in [1.54, 1.807) is 0 Å². The first-order valence-electron chi connectivity index (χ1n) is 4.43. The highest BCUT2D eigenvalue weighted by Gasteiger charge is 2.24. The van der Waals surface area contributed by atoms with Gasteiger partial charge in [0, 0.05) is 25.1 Å². The number of hydrogen-bond donors (Lipinski definition) is 1. The van der Waals surface area contributed by atoms with E-state index < -0.39 is 0 Å². The minimum absolute atomic E-state index is 0.683. The van der Waals surface area contributed by atoms with Crippen molar-refractivity contribution >= 4 is 0 Å². The van der Waals surface area contributed by atoms with Crippen LogP contribution in [0.2, 0.25) is 0 Å². The average Bonchev–Trinajstić information content (AvgIpc) is 2.58. The Morgan fingerprint density at radius 2 is 2.36 bits per heavy atom. The molecule has 2 nitrogen and oxygen atoms in total. The van der Waals surface area contributed by atoms with Crippen LogP contribution in [0.25, 0.3) is 0 Å². The third-order valence-corrected chi connectivity index (χ3v) is 2.59. The summed E-state index contributed by atoms with van der Waals surface area (Å²) >= 11 is 0. The quantitative estimate of drug-likeness (QED) is 0.566. The molecule has 0 amide bonds. The number of ether oxygens (including phenoxy) is 1. The Bertz CT molecular complexity index is 150. The third kappa shape index (κ3) is 1.63. The summed E-state index contributed by atoms with van der Waals surface area (Å²) in [5, 5.41) is 3.49. The van der Waals surface area contributed by atoms with Crippen LogP contribution in [0.1, 0.15) is 12.8 Å². The average molecular weight is 153 g/mol. The Kier molecular flexibility index (Phi) is 2.24. The van der Waals surface area contributed by atoms with Gasteiger partial charge >= 0.3 is 0 Å². The van der Waals surface area contributed by atoms with Crippen LogP contribution in [-0.4, -0.2) is 25.8 Å². The second kappa shape index (κ2) is 3.37. The minimum Gasteiger partial charge on any atom is -0.381 e. The highest BCUT2D eigenvalue weighted by Crippen LogP contribution is 2.20. The normalized spacial score (nSPS) is 37.8. The van der Waals surface area contributed by atoms with Gasteiger partial charge in [-0.05, 0) is 12.8 Å². The van der Waals surface area contributed by atoms with Crippen LogP contribution in [0, 0.1) is 5.92 Å². The van der Waals surface area contributed by atoms with Crippen molar-refractivity contribution in [3.8, 4) is 0 Å². The molecule has 0 bridgehead atoms. The second-order valence-corrected chi connectivity index (χ2v) is 3.35. The maximum Gasteiger partial charge on any atom is 0.0510 e. The van der Waals surface area contributed by atoms with Gasteiger partial charge in [-0.2, -0.15) is 0 Å². The topological polar surface area (TPSA) is 21.3 Å². The minimum atomic E-state index is 0.683. The van der Waals surface area contributed by atoms with Crippen molar-refractivity contribution in [2.75, 3.05) is 19.8 Å². The molecule has 0 aromatic rings. The molecular weight excluding hydrogens is 138 g/mol. The zero-order valence-electron chi connectivity index (χ0n) is 6.75. The van der Waals surface area contributed by atoms with Gasteiger partial charge in [-0.25, -0.2) is 0 Å². The van der Waals surface area contributed by atoms with E-state index in [4.69, 9.17) is 4.74 Å². The summed E-state index contributed by atoms with van der Waals surface area (Å²) in [6, 6.07) is 0.683. The lowest BCUT2D eigenvalue weighted by Gasteiger charge is -2.24. The van der Waals surface area contributed by atoms with Gasteiger partial charge in [0.1, 0.15) is 0 Å². The molecule has 62 valence electrons. The summed E-state index contributed by atoms with van der Waals surface area (Å²) in [7, 11) is 0. The van der Waals surface area contributed by atoms with Gasteiger partial charge in [0.05, 0.1) is 6.61 Å². The molecule has 0 radical (unpaired) electrons. The molecule has 2 atom stereocenters. The van der Waals surface area contributed by atoms with Gasteiger partial charge in [-0.3, -0.25) is 0 Å². The predicted molar refractivity (Wildman–Crippen MR) is 44.5 cm³/mol. The Labute approximate surface area is 67.6 Å². The summed E-state index contributed by atoms with van der Waals surface area (Å²) in [6.07, 6.45) is 6.91. The molecule has 2 aliphatic heterocycles. The summed E-state index contributed by atoms with van der Waals surface area (Å²) in [5.74, 6) is 0.764.